The Morgan fingerprint density at radius 2 is 1.96 bits per heavy atom. The third-order valence-electron chi connectivity index (χ3n) is 5.49. The van der Waals surface area contributed by atoms with Crippen LogP contribution in [0.4, 0.5) is 4.39 Å². The maximum atomic E-state index is 13.7. The lowest BCUT2D eigenvalue weighted by molar-refractivity contribution is -0.130. The van der Waals surface area contributed by atoms with E-state index in [0.29, 0.717) is 25.2 Å². The highest BCUT2D eigenvalue weighted by molar-refractivity contribution is 5.94. The summed E-state index contributed by atoms with van der Waals surface area (Å²) in [7, 11) is 0. The first-order chi connectivity index (χ1) is 12.9. The van der Waals surface area contributed by atoms with Crippen molar-refractivity contribution in [3.05, 3.63) is 70.0 Å². The molecule has 2 aliphatic heterocycles. The number of rotatable bonds is 2. The van der Waals surface area contributed by atoms with E-state index in [1.807, 2.05) is 6.07 Å². The predicted octanol–water partition coefficient (Wildman–Crippen LogP) is 2.07. The fraction of sp³-hybridized carbons (Fsp3) is 0.350. The zero-order valence-electron chi connectivity index (χ0n) is 14.8. The van der Waals surface area contributed by atoms with Crippen molar-refractivity contribution in [3.8, 4) is 0 Å². The normalized spacial score (nSPS) is 24.1. The van der Waals surface area contributed by atoms with E-state index < -0.39 is 5.63 Å². The highest BCUT2D eigenvalue weighted by Gasteiger charge is 2.49. The second-order valence-corrected chi connectivity index (χ2v) is 7.15. The third-order valence-corrected chi connectivity index (χ3v) is 5.49. The average Bonchev–Trinajstić information content (AvgIpc) is 3.19. The highest BCUT2D eigenvalue weighted by atomic mass is 19.1. The number of likely N-dealkylation sites (tertiary alicyclic amines) is 2. The van der Waals surface area contributed by atoms with Crippen molar-refractivity contribution in [1.29, 1.82) is 0 Å². The van der Waals surface area contributed by atoms with Crippen LogP contribution < -0.4 is 5.63 Å². The van der Waals surface area contributed by atoms with Crippen LogP contribution in [0.2, 0.25) is 0 Å². The number of hydrogen-bond donors (Lipinski definition) is 0. The van der Waals surface area contributed by atoms with Gasteiger partial charge in [-0.1, -0.05) is 12.1 Å². The smallest absolute Gasteiger partial charge is 0.335 e. The molecule has 1 aromatic carbocycles. The summed E-state index contributed by atoms with van der Waals surface area (Å²) >= 11 is 0. The molecule has 0 N–H and O–H groups in total. The Hall–Kier alpha value is -2.96. The van der Waals surface area contributed by atoms with E-state index in [4.69, 9.17) is 4.42 Å². The third kappa shape index (κ3) is 3.13. The van der Waals surface area contributed by atoms with Crippen molar-refractivity contribution in [2.75, 3.05) is 19.6 Å². The van der Waals surface area contributed by atoms with E-state index in [-0.39, 0.29) is 35.5 Å². The van der Waals surface area contributed by atoms with Crippen molar-refractivity contribution < 1.29 is 18.4 Å². The molecule has 0 aliphatic carbocycles. The largest absolute Gasteiger partial charge is 0.430 e. The molecule has 3 atom stereocenters. The lowest BCUT2D eigenvalue weighted by Crippen LogP contribution is -2.36. The second-order valence-electron chi connectivity index (χ2n) is 7.15. The summed E-state index contributed by atoms with van der Waals surface area (Å²) in [4.78, 5) is 39.4. The Kier molecular flexibility index (Phi) is 4.30. The van der Waals surface area contributed by atoms with E-state index in [0.717, 1.165) is 5.56 Å². The summed E-state index contributed by atoms with van der Waals surface area (Å²) in [6, 6.07) is 8.71. The monoisotopic (exact) mass is 370 g/mol. The van der Waals surface area contributed by atoms with E-state index in [9.17, 15) is 18.8 Å². The Morgan fingerprint density at radius 3 is 2.63 bits per heavy atom. The first-order valence-corrected chi connectivity index (χ1v) is 8.85. The number of carbonyl (C=O) groups excluding carboxylic acids is 2. The van der Waals surface area contributed by atoms with Crippen molar-refractivity contribution in [3.63, 3.8) is 0 Å². The molecule has 6 nitrogen and oxygen atoms in total. The molecule has 1 aromatic heterocycles. The number of hydrogen-bond acceptors (Lipinski definition) is 4. The first-order valence-electron chi connectivity index (χ1n) is 8.85. The molecular weight excluding hydrogens is 351 g/mol. The second kappa shape index (κ2) is 6.64. The minimum Gasteiger partial charge on any atom is -0.430 e. The molecule has 27 heavy (non-hydrogen) atoms. The number of carbonyl (C=O) groups is 2. The minimum absolute atomic E-state index is 0.0374. The zero-order valence-corrected chi connectivity index (χ0v) is 14.8. The highest BCUT2D eigenvalue weighted by Crippen LogP contribution is 2.45. The van der Waals surface area contributed by atoms with Gasteiger partial charge in [0.2, 0.25) is 5.91 Å². The fourth-order valence-electron chi connectivity index (χ4n) is 4.31. The van der Waals surface area contributed by atoms with Crippen LogP contribution >= 0.6 is 0 Å². The summed E-state index contributed by atoms with van der Waals surface area (Å²) in [5, 5.41) is 0. The number of halogens is 1. The summed E-state index contributed by atoms with van der Waals surface area (Å²) in [5.41, 5.74) is 0.561. The van der Waals surface area contributed by atoms with Crippen LogP contribution in [0.25, 0.3) is 0 Å². The van der Waals surface area contributed by atoms with E-state index in [2.05, 4.69) is 0 Å². The molecule has 140 valence electrons. The standard InChI is InChI=1S/C20H19FN2O4/c1-12(24)23-9-15-8-22(20(26)14-5-6-18(25)27-11-14)10-17(15)19(23)13-3-2-4-16(21)7-13/h2-7,11,15,17,19H,8-10H2,1H3/t15-,17-,19-/m1/s1. The van der Waals surface area contributed by atoms with Crippen molar-refractivity contribution in [2.45, 2.75) is 13.0 Å². The molecule has 0 unspecified atom stereocenters. The van der Waals surface area contributed by atoms with Gasteiger partial charge in [-0.05, 0) is 23.8 Å². The van der Waals surface area contributed by atoms with Gasteiger partial charge in [0.05, 0.1) is 11.6 Å². The summed E-state index contributed by atoms with van der Waals surface area (Å²) in [6.45, 7) is 3.03. The molecule has 2 aliphatic rings. The number of benzene rings is 1. The topological polar surface area (TPSA) is 70.8 Å². The Bertz CT molecular complexity index is 936. The molecular formula is C20H19FN2O4. The molecule has 0 saturated carbocycles. The summed E-state index contributed by atoms with van der Waals surface area (Å²) in [6.07, 6.45) is 1.17. The predicted molar refractivity (Wildman–Crippen MR) is 94.4 cm³/mol. The first kappa shape index (κ1) is 17.5. The van der Waals surface area contributed by atoms with Gasteiger partial charge >= 0.3 is 5.63 Å². The van der Waals surface area contributed by atoms with Gasteiger partial charge in [0.15, 0.2) is 0 Å². The molecule has 3 heterocycles. The maximum Gasteiger partial charge on any atom is 0.335 e. The van der Waals surface area contributed by atoms with Gasteiger partial charge in [0.1, 0.15) is 12.1 Å². The van der Waals surface area contributed by atoms with Gasteiger partial charge < -0.3 is 14.2 Å². The molecule has 4 rings (SSSR count). The lowest BCUT2D eigenvalue weighted by Gasteiger charge is -2.29. The van der Waals surface area contributed by atoms with Gasteiger partial charge in [-0.3, -0.25) is 9.59 Å². The van der Waals surface area contributed by atoms with Crippen LogP contribution in [0.5, 0.6) is 0 Å². The van der Waals surface area contributed by atoms with Crippen molar-refractivity contribution in [1.82, 2.24) is 9.80 Å². The Balaban J connectivity index is 1.60. The van der Waals surface area contributed by atoms with Gasteiger partial charge in [-0.2, -0.15) is 0 Å². The summed E-state index contributed by atoms with van der Waals surface area (Å²) < 4.78 is 18.5. The molecule has 2 aromatic rings. The number of nitrogens with zero attached hydrogens (tertiary/aromatic N) is 2. The maximum absolute atomic E-state index is 13.7. The Morgan fingerprint density at radius 1 is 1.15 bits per heavy atom. The molecule has 7 heteroatoms. The molecule has 0 spiro atoms. The lowest BCUT2D eigenvalue weighted by atomic mass is 9.89. The molecule has 2 fully saturated rings. The van der Waals surface area contributed by atoms with Gasteiger partial charge in [-0.15, -0.1) is 0 Å². The van der Waals surface area contributed by atoms with Crippen LogP contribution in [-0.2, 0) is 4.79 Å². The summed E-state index contributed by atoms with van der Waals surface area (Å²) in [5.74, 6) is -0.441. The van der Waals surface area contributed by atoms with Crippen molar-refractivity contribution in [2.24, 2.45) is 11.8 Å². The number of amides is 2. The fourth-order valence-corrected chi connectivity index (χ4v) is 4.31. The van der Waals surface area contributed by atoms with Crippen LogP contribution in [0.1, 0.15) is 28.9 Å². The van der Waals surface area contributed by atoms with Gasteiger partial charge in [0.25, 0.3) is 5.91 Å². The van der Waals surface area contributed by atoms with E-state index in [1.165, 1.54) is 37.5 Å². The van der Waals surface area contributed by atoms with E-state index in [1.54, 1.807) is 15.9 Å². The quantitative estimate of drug-likeness (QED) is 0.811. The van der Waals surface area contributed by atoms with Gasteiger partial charge in [0, 0.05) is 44.5 Å². The zero-order chi connectivity index (χ0) is 19.1. The molecule has 2 amide bonds. The molecule has 2 saturated heterocycles. The van der Waals surface area contributed by atoms with Crippen LogP contribution in [-0.4, -0.2) is 41.2 Å². The van der Waals surface area contributed by atoms with Crippen LogP contribution in [0.15, 0.2) is 51.9 Å². The average molecular weight is 370 g/mol. The van der Waals surface area contributed by atoms with Crippen LogP contribution in [0, 0.1) is 17.7 Å². The SMILES string of the molecule is CC(=O)N1C[C@H]2CN(C(=O)c3ccc(=O)oc3)C[C@H]2[C@H]1c1cccc(F)c1. The van der Waals surface area contributed by atoms with E-state index >= 15 is 0 Å². The molecule has 0 bridgehead atoms. The number of fused-ring (bicyclic) bond motifs is 1. The van der Waals surface area contributed by atoms with Crippen molar-refractivity contribution >= 4 is 11.8 Å². The van der Waals surface area contributed by atoms with Crippen LogP contribution in [0.3, 0.4) is 0 Å². The Labute approximate surface area is 155 Å². The minimum atomic E-state index is -0.506. The van der Waals surface area contributed by atoms with Gasteiger partial charge in [-0.25, -0.2) is 9.18 Å². The molecule has 0 radical (unpaired) electrons.